The fourth-order valence-corrected chi connectivity index (χ4v) is 3.03. The quantitative estimate of drug-likeness (QED) is 0.821. The molecule has 2 heterocycles. The van der Waals surface area contributed by atoms with Gasteiger partial charge in [-0.25, -0.2) is 0 Å². The van der Waals surface area contributed by atoms with Gasteiger partial charge in [0.25, 0.3) is 5.91 Å². The Labute approximate surface area is 131 Å². The zero-order valence-electron chi connectivity index (χ0n) is 12.9. The molecule has 2 aliphatic heterocycles. The van der Waals surface area contributed by atoms with Gasteiger partial charge in [0.1, 0.15) is 5.75 Å². The van der Waals surface area contributed by atoms with E-state index in [1.165, 1.54) is 6.42 Å². The van der Waals surface area contributed by atoms with E-state index in [0.717, 1.165) is 51.7 Å². The molecular formula is C17H24N2O3. The van der Waals surface area contributed by atoms with Gasteiger partial charge in [0.15, 0.2) is 6.61 Å². The molecule has 120 valence electrons. The lowest BCUT2D eigenvalue weighted by Crippen LogP contribution is -2.50. The third-order valence-electron chi connectivity index (χ3n) is 4.37. The number of hydrogen-bond acceptors (Lipinski definition) is 4. The topological polar surface area (TPSA) is 42.0 Å². The van der Waals surface area contributed by atoms with Crippen LogP contribution in [0, 0.1) is 5.92 Å². The molecule has 5 nitrogen and oxygen atoms in total. The normalized spacial score (nSPS) is 22.7. The second-order valence-corrected chi connectivity index (χ2v) is 6.01. The van der Waals surface area contributed by atoms with Crippen LogP contribution in [-0.4, -0.2) is 68.3 Å². The molecule has 0 aromatic heterocycles. The molecule has 1 atom stereocenters. The molecule has 2 fully saturated rings. The van der Waals surface area contributed by atoms with E-state index in [0.29, 0.717) is 5.92 Å². The number of nitrogens with zero attached hydrogens (tertiary/aromatic N) is 2. The largest absolute Gasteiger partial charge is 0.484 e. The number of para-hydroxylation sites is 1. The van der Waals surface area contributed by atoms with Crippen molar-refractivity contribution in [3.05, 3.63) is 30.3 Å². The van der Waals surface area contributed by atoms with Crippen molar-refractivity contribution in [2.75, 3.05) is 52.5 Å². The summed E-state index contributed by atoms with van der Waals surface area (Å²) in [6.07, 6.45) is 1.17. The molecule has 0 saturated carbocycles. The average Bonchev–Trinajstić information content (AvgIpc) is 3.07. The highest BCUT2D eigenvalue weighted by Crippen LogP contribution is 2.15. The van der Waals surface area contributed by atoms with E-state index in [-0.39, 0.29) is 12.5 Å². The summed E-state index contributed by atoms with van der Waals surface area (Å²) in [6.45, 7) is 6.52. The van der Waals surface area contributed by atoms with Gasteiger partial charge < -0.3 is 14.4 Å². The Morgan fingerprint density at radius 1 is 1.18 bits per heavy atom. The zero-order valence-corrected chi connectivity index (χ0v) is 12.9. The highest BCUT2D eigenvalue weighted by molar-refractivity contribution is 5.77. The van der Waals surface area contributed by atoms with E-state index in [1.54, 1.807) is 0 Å². The van der Waals surface area contributed by atoms with E-state index < -0.39 is 0 Å². The lowest BCUT2D eigenvalue weighted by Gasteiger charge is -2.35. The molecule has 1 amide bonds. The van der Waals surface area contributed by atoms with E-state index in [4.69, 9.17) is 9.47 Å². The molecule has 5 heteroatoms. The lowest BCUT2D eigenvalue weighted by atomic mass is 10.1. The number of hydrogen-bond donors (Lipinski definition) is 0. The highest BCUT2D eigenvalue weighted by atomic mass is 16.5. The van der Waals surface area contributed by atoms with Crippen LogP contribution in [0.3, 0.4) is 0 Å². The van der Waals surface area contributed by atoms with E-state index in [9.17, 15) is 4.79 Å². The Bertz CT molecular complexity index is 466. The molecule has 1 aromatic carbocycles. The summed E-state index contributed by atoms with van der Waals surface area (Å²) in [7, 11) is 0. The van der Waals surface area contributed by atoms with Gasteiger partial charge in [-0.1, -0.05) is 18.2 Å². The first-order valence-electron chi connectivity index (χ1n) is 8.07. The molecular weight excluding hydrogens is 280 g/mol. The van der Waals surface area contributed by atoms with Gasteiger partial charge in [-0.2, -0.15) is 0 Å². The Morgan fingerprint density at radius 2 is 1.95 bits per heavy atom. The van der Waals surface area contributed by atoms with Crippen LogP contribution in [0.4, 0.5) is 0 Å². The fourth-order valence-electron chi connectivity index (χ4n) is 3.03. The zero-order chi connectivity index (χ0) is 15.2. The van der Waals surface area contributed by atoms with Gasteiger partial charge in [-0.3, -0.25) is 9.69 Å². The lowest BCUT2D eigenvalue weighted by molar-refractivity contribution is -0.135. The predicted octanol–water partition coefficient (Wildman–Crippen LogP) is 1.25. The monoisotopic (exact) mass is 304 g/mol. The van der Waals surface area contributed by atoms with Crippen molar-refractivity contribution in [2.45, 2.75) is 6.42 Å². The third-order valence-corrected chi connectivity index (χ3v) is 4.37. The predicted molar refractivity (Wildman–Crippen MR) is 83.9 cm³/mol. The minimum atomic E-state index is 0.0766. The van der Waals surface area contributed by atoms with Crippen molar-refractivity contribution in [3.63, 3.8) is 0 Å². The average molecular weight is 304 g/mol. The second kappa shape index (κ2) is 7.61. The van der Waals surface area contributed by atoms with Gasteiger partial charge in [0, 0.05) is 39.3 Å². The smallest absolute Gasteiger partial charge is 0.260 e. The van der Waals surface area contributed by atoms with Crippen LogP contribution in [0.15, 0.2) is 30.3 Å². The first kappa shape index (κ1) is 15.3. The Kier molecular flexibility index (Phi) is 5.29. The van der Waals surface area contributed by atoms with Crippen LogP contribution in [0.2, 0.25) is 0 Å². The standard InChI is InChI=1S/C17H24N2O3/c20-17(14-22-16-4-2-1-3-5-16)19-9-7-18(8-10-19)12-15-6-11-21-13-15/h1-5,15H,6-14H2. The van der Waals surface area contributed by atoms with Crippen LogP contribution in [0.1, 0.15) is 6.42 Å². The SMILES string of the molecule is O=C(COc1ccccc1)N1CCN(CC2CCOC2)CC1. The molecule has 0 bridgehead atoms. The fraction of sp³-hybridized carbons (Fsp3) is 0.588. The van der Waals surface area contributed by atoms with Gasteiger partial charge in [-0.15, -0.1) is 0 Å². The first-order valence-corrected chi connectivity index (χ1v) is 8.07. The molecule has 0 spiro atoms. The minimum Gasteiger partial charge on any atom is -0.484 e. The van der Waals surface area contributed by atoms with Crippen molar-refractivity contribution in [2.24, 2.45) is 5.92 Å². The number of amides is 1. The second-order valence-electron chi connectivity index (χ2n) is 6.01. The Morgan fingerprint density at radius 3 is 2.64 bits per heavy atom. The van der Waals surface area contributed by atoms with Crippen LogP contribution in [0.25, 0.3) is 0 Å². The number of carbonyl (C=O) groups excluding carboxylic acids is 1. The first-order chi connectivity index (χ1) is 10.8. The number of benzene rings is 1. The van der Waals surface area contributed by atoms with Gasteiger partial charge in [0.2, 0.25) is 0 Å². The molecule has 3 rings (SSSR count). The van der Waals surface area contributed by atoms with Gasteiger partial charge in [0.05, 0.1) is 6.61 Å². The summed E-state index contributed by atoms with van der Waals surface area (Å²) >= 11 is 0. The van der Waals surface area contributed by atoms with Crippen molar-refractivity contribution < 1.29 is 14.3 Å². The van der Waals surface area contributed by atoms with Crippen molar-refractivity contribution in [3.8, 4) is 5.75 Å². The Hall–Kier alpha value is -1.59. The number of piperazine rings is 1. The summed E-state index contributed by atoms with van der Waals surface area (Å²) in [5, 5.41) is 0. The molecule has 0 N–H and O–H groups in total. The molecule has 1 aromatic rings. The number of ether oxygens (including phenoxy) is 2. The highest BCUT2D eigenvalue weighted by Gasteiger charge is 2.24. The number of rotatable bonds is 5. The van der Waals surface area contributed by atoms with Crippen molar-refractivity contribution in [1.82, 2.24) is 9.80 Å². The molecule has 2 saturated heterocycles. The van der Waals surface area contributed by atoms with Crippen LogP contribution >= 0.6 is 0 Å². The minimum absolute atomic E-state index is 0.0766. The summed E-state index contributed by atoms with van der Waals surface area (Å²) < 4.78 is 11.0. The van der Waals surface area contributed by atoms with Gasteiger partial charge >= 0.3 is 0 Å². The molecule has 2 aliphatic rings. The van der Waals surface area contributed by atoms with E-state index in [1.807, 2.05) is 35.2 Å². The van der Waals surface area contributed by atoms with Crippen LogP contribution in [-0.2, 0) is 9.53 Å². The maximum atomic E-state index is 12.2. The summed E-state index contributed by atoms with van der Waals surface area (Å²) in [6, 6.07) is 9.49. The molecule has 0 aliphatic carbocycles. The van der Waals surface area contributed by atoms with Crippen molar-refractivity contribution >= 4 is 5.91 Å². The van der Waals surface area contributed by atoms with Crippen LogP contribution < -0.4 is 4.74 Å². The number of carbonyl (C=O) groups is 1. The third kappa shape index (κ3) is 4.21. The van der Waals surface area contributed by atoms with Crippen molar-refractivity contribution in [1.29, 1.82) is 0 Å². The van der Waals surface area contributed by atoms with Crippen LogP contribution in [0.5, 0.6) is 5.75 Å². The van der Waals surface area contributed by atoms with E-state index in [2.05, 4.69) is 4.90 Å². The summed E-state index contributed by atoms with van der Waals surface area (Å²) in [4.78, 5) is 16.5. The molecule has 1 unspecified atom stereocenters. The Balaban J connectivity index is 1.38. The summed E-state index contributed by atoms with van der Waals surface area (Å²) in [5.41, 5.74) is 0. The van der Waals surface area contributed by atoms with E-state index >= 15 is 0 Å². The maximum absolute atomic E-state index is 12.2. The molecule has 0 radical (unpaired) electrons. The molecule has 22 heavy (non-hydrogen) atoms. The summed E-state index contributed by atoms with van der Waals surface area (Å²) in [5.74, 6) is 1.49. The maximum Gasteiger partial charge on any atom is 0.260 e. The van der Waals surface area contributed by atoms with Gasteiger partial charge in [-0.05, 0) is 24.5 Å².